The van der Waals surface area contributed by atoms with E-state index in [1.807, 2.05) is 24.3 Å². The molecule has 2 rings (SSSR count). The highest BCUT2D eigenvalue weighted by atomic mass is 19.4. The van der Waals surface area contributed by atoms with Crippen LogP contribution in [-0.2, 0) is 26.2 Å². The first-order chi connectivity index (χ1) is 10.4. The van der Waals surface area contributed by atoms with Crippen molar-refractivity contribution in [1.82, 2.24) is 15.1 Å². The van der Waals surface area contributed by atoms with Gasteiger partial charge in [0.05, 0.1) is 7.11 Å². The van der Waals surface area contributed by atoms with Crippen LogP contribution in [0.2, 0.25) is 0 Å². The molecule has 1 N–H and O–H groups in total. The fourth-order valence-corrected chi connectivity index (χ4v) is 2.19. The van der Waals surface area contributed by atoms with Crippen LogP contribution < -0.4 is 10.1 Å². The average Bonchev–Trinajstić information content (AvgIpc) is 2.85. The minimum absolute atomic E-state index is 0.132. The maximum atomic E-state index is 12.8. The zero-order valence-corrected chi connectivity index (χ0v) is 12.4. The van der Waals surface area contributed by atoms with E-state index < -0.39 is 11.9 Å². The molecule has 0 aliphatic carbocycles. The molecule has 0 atom stereocenters. The van der Waals surface area contributed by atoms with Crippen LogP contribution in [0.5, 0.6) is 5.75 Å². The van der Waals surface area contributed by atoms with Crippen LogP contribution in [0, 0.1) is 0 Å². The minimum atomic E-state index is -4.43. The number of halogens is 3. The molecule has 0 aliphatic heterocycles. The van der Waals surface area contributed by atoms with E-state index in [1.54, 1.807) is 7.11 Å². The summed E-state index contributed by atoms with van der Waals surface area (Å²) in [5.41, 5.74) is 0.388. The topological polar surface area (TPSA) is 39.1 Å². The maximum absolute atomic E-state index is 12.8. The third kappa shape index (κ3) is 4.24. The number of aromatic nitrogens is 2. The fourth-order valence-electron chi connectivity index (χ4n) is 2.19. The molecule has 120 valence electrons. The number of rotatable bonds is 6. The van der Waals surface area contributed by atoms with Crippen LogP contribution in [0.15, 0.2) is 30.5 Å². The van der Waals surface area contributed by atoms with Crippen molar-refractivity contribution in [3.63, 3.8) is 0 Å². The van der Waals surface area contributed by atoms with Gasteiger partial charge in [-0.25, -0.2) is 0 Å². The Balaban J connectivity index is 1.89. The summed E-state index contributed by atoms with van der Waals surface area (Å²) in [5, 5.41) is 6.50. The van der Waals surface area contributed by atoms with Crippen molar-refractivity contribution in [1.29, 1.82) is 0 Å². The third-order valence-electron chi connectivity index (χ3n) is 3.21. The van der Waals surface area contributed by atoms with Gasteiger partial charge in [0, 0.05) is 25.4 Å². The predicted octanol–water partition coefficient (Wildman–Crippen LogP) is 2.78. The molecule has 0 unspecified atom stereocenters. The fraction of sp³-hybridized carbons (Fsp3) is 0.400. The van der Waals surface area contributed by atoms with Crippen molar-refractivity contribution in [2.45, 2.75) is 19.1 Å². The minimum Gasteiger partial charge on any atom is -0.497 e. The van der Waals surface area contributed by atoms with Crippen LogP contribution in [0.25, 0.3) is 0 Å². The van der Waals surface area contributed by atoms with Crippen molar-refractivity contribution in [2.24, 2.45) is 7.05 Å². The van der Waals surface area contributed by atoms with Gasteiger partial charge in [-0.3, -0.25) is 4.68 Å². The number of ether oxygens (including phenoxy) is 1. The van der Waals surface area contributed by atoms with Gasteiger partial charge in [0.15, 0.2) is 5.69 Å². The molecule has 1 aromatic heterocycles. The second kappa shape index (κ2) is 6.83. The summed E-state index contributed by atoms with van der Waals surface area (Å²) in [6, 6.07) is 7.60. The van der Waals surface area contributed by atoms with Gasteiger partial charge in [-0.2, -0.15) is 18.3 Å². The monoisotopic (exact) mass is 313 g/mol. The van der Waals surface area contributed by atoms with E-state index in [1.165, 1.54) is 17.9 Å². The Hall–Kier alpha value is -2.02. The number of benzene rings is 1. The third-order valence-corrected chi connectivity index (χ3v) is 3.21. The van der Waals surface area contributed by atoms with Gasteiger partial charge in [0.2, 0.25) is 0 Å². The summed E-state index contributed by atoms with van der Waals surface area (Å²) in [6.07, 6.45) is -2.33. The molecule has 2 aromatic rings. The quantitative estimate of drug-likeness (QED) is 0.834. The largest absolute Gasteiger partial charge is 0.497 e. The van der Waals surface area contributed by atoms with E-state index in [0.717, 1.165) is 11.3 Å². The van der Waals surface area contributed by atoms with Crippen LogP contribution in [0.1, 0.15) is 16.8 Å². The molecule has 0 fully saturated rings. The Morgan fingerprint density at radius 2 is 2.09 bits per heavy atom. The summed E-state index contributed by atoms with van der Waals surface area (Å²) in [6.45, 7) is 0.700. The Labute approximate surface area is 126 Å². The lowest BCUT2D eigenvalue weighted by atomic mass is 10.1. The van der Waals surface area contributed by atoms with Crippen molar-refractivity contribution >= 4 is 0 Å². The second-order valence-electron chi connectivity index (χ2n) is 4.95. The molecule has 22 heavy (non-hydrogen) atoms. The molecule has 0 bridgehead atoms. The van der Waals surface area contributed by atoms with Gasteiger partial charge < -0.3 is 10.1 Å². The summed E-state index contributed by atoms with van der Waals surface area (Å²) >= 11 is 0. The van der Waals surface area contributed by atoms with E-state index >= 15 is 0 Å². The molecule has 0 aliphatic rings. The molecule has 1 aromatic carbocycles. The van der Waals surface area contributed by atoms with Crippen molar-refractivity contribution in [3.8, 4) is 5.75 Å². The molecule has 0 radical (unpaired) electrons. The molecule has 1 heterocycles. The number of aryl methyl sites for hydroxylation is 1. The van der Waals surface area contributed by atoms with Crippen LogP contribution in [-0.4, -0.2) is 23.4 Å². The highest BCUT2D eigenvalue weighted by molar-refractivity contribution is 5.28. The standard InChI is InChI=1S/C15H18F3N3O/c1-21-10-12(14(20-21)15(16,17)18)9-19-7-6-11-4-3-5-13(8-11)22-2/h3-5,8,10,19H,6-7,9H2,1-2H3. The zero-order valence-electron chi connectivity index (χ0n) is 12.4. The predicted molar refractivity (Wildman–Crippen MR) is 76.6 cm³/mol. The number of nitrogens with one attached hydrogen (secondary N) is 1. The first kappa shape index (κ1) is 16.4. The van der Waals surface area contributed by atoms with Gasteiger partial charge in [-0.05, 0) is 30.7 Å². The molecular formula is C15H18F3N3O. The highest BCUT2D eigenvalue weighted by Gasteiger charge is 2.36. The Morgan fingerprint density at radius 3 is 2.77 bits per heavy atom. The van der Waals surface area contributed by atoms with Gasteiger partial charge in [0.1, 0.15) is 5.75 Å². The van der Waals surface area contributed by atoms with Crippen LogP contribution in [0.4, 0.5) is 13.2 Å². The number of alkyl halides is 3. The molecule has 7 heteroatoms. The first-order valence-electron chi connectivity index (χ1n) is 6.83. The molecule has 4 nitrogen and oxygen atoms in total. The second-order valence-corrected chi connectivity index (χ2v) is 4.95. The molecular weight excluding hydrogens is 295 g/mol. The van der Waals surface area contributed by atoms with Crippen LogP contribution in [0.3, 0.4) is 0 Å². The summed E-state index contributed by atoms with van der Waals surface area (Å²) in [4.78, 5) is 0. The van der Waals surface area contributed by atoms with Crippen LogP contribution >= 0.6 is 0 Å². The molecule has 0 amide bonds. The Bertz CT molecular complexity index is 623. The van der Waals surface area contributed by atoms with Crippen molar-refractivity contribution in [2.75, 3.05) is 13.7 Å². The summed E-state index contributed by atoms with van der Waals surface area (Å²) < 4.78 is 44.7. The molecule has 0 saturated heterocycles. The smallest absolute Gasteiger partial charge is 0.435 e. The van der Waals surface area contributed by atoms with Crippen molar-refractivity contribution in [3.05, 3.63) is 47.3 Å². The van der Waals surface area contributed by atoms with E-state index in [2.05, 4.69) is 10.4 Å². The first-order valence-corrected chi connectivity index (χ1v) is 6.83. The number of nitrogens with zero attached hydrogens (tertiary/aromatic N) is 2. The SMILES string of the molecule is COc1cccc(CCNCc2cn(C)nc2C(F)(F)F)c1. The molecule has 0 saturated carbocycles. The maximum Gasteiger partial charge on any atom is 0.435 e. The average molecular weight is 313 g/mol. The lowest BCUT2D eigenvalue weighted by Gasteiger charge is -2.08. The normalized spacial score (nSPS) is 11.7. The van der Waals surface area contributed by atoms with E-state index in [9.17, 15) is 13.2 Å². The number of methoxy groups -OCH3 is 1. The lowest BCUT2D eigenvalue weighted by molar-refractivity contribution is -0.142. The summed E-state index contributed by atoms with van der Waals surface area (Å²) in [7, 11) is 3.08. The summed E-state index contributed by atoms with van der Waals surface area (Å²) in [5.74, 6) is 0.768. The Kier molecular flexibility index (Phi) is 5.07. The zero-order chi connectivity index (χ0) is 16.2. The van der Waals surface area contributed by atoms with E-state index in [0.29, 0.717) is 13.0 Å². The van der Waals surface area contributed by atoms with Gasteiger partial charge in [0.25, 0.3) is 0 Å². The number of hydrogen-bond donors (Lipinski definition) is 1. The van der Waals surface area contributed by atoms with E-state index in [4.69, 9.17) is 4.74 Å². The number of hydrogen-bond acceptors (Lipinski definition) is 3. The van der Waals surface area contributed by atoms with Gasteiger partial charge in [-0.1, -0.05) is 12.1 Å². The highest BCUT2D eigenvalue weighted by Crippen LogP contribution is 2.30. The van der Waals surface area contributed by atoms with Gasteiger partial charge >= 0.3 is 6.18 Å². The lowest BCUT2D eigenvalue weighted by Crippen LogP contribution is -2.19. The molecule has 0 spiro atoms. The Morgan fingerprint density at radius 1 is 1.32 bits per heavy atom. The van der Waals surface area contributed by atoms with Crippen molar-refractivity contribution < 1.29 is 17.9 Å². The van der Waals surface area contributed by atoms with E-state index in [-0.39, 0.29) is 12.1 Å². The van der Waals surface area contributed by atoms with Gasteiger partial charge in [-0.15, -0.1) is 0 Å².